The lowest BCUT2D eigenvalue weighted by molar-refractivity contribution is 0.0683. The number of aromatic nitrogens is 3. The van der Waals surface area contributed by atoms with Gasteiger partial charge in [0.15, 0.2) is 0 Å². The first kappa shape index (κ1) is 11.6. The van der Waals surface area contributed by atoms with Crippen molar-refractivity contribution < 1.29 is 14.7 Å². The summed E-state index contributed by atoms with van der Waals surface area (Å²) in [6.45, 7) is 0. The van der Waals surface area contributed by atoms with Crippen LogP contribution < -0.4 is 11.1 Å². The standard InChI is InChI=1S/C10H9N5O3/c11-6-4-2-1-3-5(6)8(16)13-10-12-7(9(17)18)14-15-10/h1-4H,11H2,(H,17,18)(H2,12,13,14,15,16). The Morgan fingerprint density at radius 2 is 2.06 bits per heavy atom. The summed E-state index contributed by atoms with van der Waals surface area (Å²) in [6, 6.07) is 6.47. The van der Waals surface area contributed by atoms with E-state index in [4.69, 9.17) is 10.8 Å². The number of carboxylic acid groups (broad SMARTS) is 1. The average molecular weight is 247 g/mol. The van der Waals surface area contributed by atoms with Crippen LogP contribution in [0, 0.1) is 0 Å². The second-order valence-electron chi connectivity index (χ2n) is 3.35. The van der Waals surface area contributed by atoms with Crippen LogP contribution in [0.25, 0.3) is 0 Å². The fraction of sp³-hybridized carbons (Fsp3) is 0. The van der Waals surface area contributed by atoms with Gasteiger partial charge in [-0.2, -0.15) is 4.98 Å². The van der Waals surface area contributed by atoms with Gasteiger partial charge in [0, 0.05) is 5.69 Å². The van der Waals surface area contributed by atoms with Crippen LogP contribution in [0.2, 0.25) is 0 Å². The number of nitrogen functional groups attached to an aromatic ring is 1. The summed E-state index contributed by atoms with van der Waals surface area (Å²) in [4.78, 5) is 25.9. The molecule has 0 aliphatic carbocycles. The number of anilines is 2. The molecule has 0 unspecified atom stereocenters. The highest BCUT2D eigenvalue weighted by atomic mass is 16.4. The third-order valence-corrected chi connectivity index (χ3v) is 2.12. The third-order valence-electron chi connectivity index (χ3n) is 2.12. The van der Waals surface area contributed by atoms with Crippen LogP contribution in [0.5, 0.6) is 0 Å². The maximum absolute atomic E-state index is 11.8. The van der Waals surface area contributed by atoms with Gasteiger partial charge in [0.25, 0.3) is 5.91 Å². The fourth-order valence-electron chi connectivity index (χ4n) is 1.29. The predicted molar refractivity (Wildman–Crippen MR) is 62.1 cm³/mol. The van der Waals surface area contributed by atoms with E-state index in [-0.39, 0.29) is 17.3 Å². The molecule has 0 aliphatic heterocycles. The Labute approximate surface area is 101 Å². The normalized spacial score (nSPS) is 10.0. The van der Waals surface area contributed by atoms with Crippen molar-refractivity contribution in [3.8, 4) is 0 Å². The Bertz CT molecular complexity index is 607. The molecule has 5 N–H and O–H groups in total. The van der Waals surface area contributed by atoms with E-state index in [0.29, 0.717) is 5.69 Å². The summed E-state index contributed by atoms with van der Waals surface area (Å²) in [5.41, 5.74) is 6.20. The molecule has 1 aromatic heterocycles. The van der Waals surface area contributed by atoms with Gasteiger partial charge in [-0.05, 0) is 12.1 Å². The van der Waals surface area contributed by atoms with Gasteiger partial charge in [0.2, 0.25) is 11.8 Å². The van der Waals surface area contributed by atoms with Crippen LogP contribution in [0.1, 0.15) is 21.0 Å². The fourth-order valence-corrected chi connectivity index (χ4v) is 1.29. The average Bonchev–Trinajstić information content (AvgIpc) is 2.78. The zero-order chi connectivity index (χ0) is 13.1. The summed E-state index contributed by atoms with van der Waals surface area (Å²) < 4.78 is 0. The molecule has 0 spiro atoms. The highest BCUT2D eigenvalue weighted by molar-refractivity contribution is 6.07. The second kappa shape index (κ2) is 4.53. The van der Waals surface area contributed by atoms with Crippen LogP contribution >= 0.6 is 0 Å². The van der Waals surface area contributed by atoms with Crippen LogP contribution in [0.15, 0.2) is 24.3 Å². The molecule has 92 valence electrons. The molecule has 2 aromatic rings. The molecule has 8 heteroatoms. The molecule has 1 amide bonds. The summed E-state index contributed by atoms with van der Waals surface area (Å²) in [7, 11) is 0. The van der Waals surface area contributed by atoms with Crippen molar-refractivity contribution in [1.82, 2.24) is 15.2 Å². The first-order chi connectivity index (χ1) is 8.58. The van der Waals surface area contributed by atoms with Crippen LogP contribution in [0.3, 0.4) is 0 Å². The molecule has 0 fully saturated rings. The number of hydrogen-bond donors (Lipinski definition) is 4. The minimum atomic E-state index is -1.26. The number of aromatic carboxylic acids is 1. The summed E-state index contributed by atoms with van der Waals surface area (Å²) >= 11 is 0. The Morgan fingerprint density at radius 1 is 1.33 bits per heavy atom. The van der Waals surface area contributed by atoms with E-state index in [1.165, 1.54) is 6.07 Å². The zero-order valence-electron chi connectivity index (χ0n) is 9.04. The largest absolute Gasteiger partial charge is 0.475 e. The van der Waals surface area contributed by atoms with Gasteiger partial charge in [0.05, 0.1) is 5.56 Å². The Balaban J connectivity index is 2.16. The predicted octanol–water partition coefficient (Wildman–Crippen LogP) is 0.337. The van der Waals surface area contributed by atoms with Gasteiger partial charge in [-0.3, -0.25) is 15.2 Å². The molecule has 0 bridgehead atoms. The molecule has 0 atom stereocenters. The summed E-state index contributed by atoms with van der Waals surface area (Å²) in [6.07, 6.45) is 0. The van der Waals surface area contributed by atoms with Gasteiger partial charge >= 0.3 is 5.97 Å². The van der Waals surface area contributed by atoms with Crippen molar-refractivity contribution in [1.29, 1.82) is 0 Å². The summed E-state index contributed by atoms with van der Waals surface area (Å²) in [5.74, 6) is -2.25. The molecule has 0 saturated carbocycles. The summed E-state index contributed by atoms with van der Waals surface area (Å²) in [5, 5.41) is 16.7. The van der Waals surface area contributed by atoms with Gasteiger partial charge < -0.3 is 10.8 Å². The molecule has 0 radical (unpaired) electrons. The van der Waals surface area contributed by atoms with Crippen LogP contribution in [-0.2, 0) is 0 Å². The highest BCUT2D eigenvalue weighted by Crippen LogP contribution is 2.12. The molecule has 2 rings (SSSR count). The Morgan fingerprint density at radius 3 is 2.67 bits per heavy atom. The number of carboxylic acids is 1. The number of benzene rings is 1. The van der Waals surface area contributed by atoms with Crippen molar-refractivity contribution in [3.05, 3.63) is 35.7 Å². The maximum atomic E-state index is 11.8. The minimum absolute atomic E-state index is 0.124. The van der Waals surface area contributed by atoms with Crippen molar-refractivity contribution in [3.63, 3.8) is 0 Å². The molecule has 18 heavy (non-hydrogen) atoms. The number of nitrogens with two attached hydrogens (primary N) is 1. The SMILES string of the molecule is Nc1ccccc1C(=O)Nc1n[nH]c(C(=O)O)n1. The van der Waals surface area contributed by atoms with Crippen molar-refractivity contribution >= 4 is 23.5 Å². The van der Waals surface area contributed by atoms with Crippen molar-refractivity contribution in [2.24, 2.45) is 0 Å². The maximum Gasteiger partial charge on any atom is 0.373 e. The molecule has 0 aliphatic rings. The van der Waals surface area contributed by atoms with E-state index in [1.807, 2.05) is 0 Å². The number of rotatable bonds is 3. The quantitative estimate of drug-likeness (QED) is 0.577. The molecule has 1 aromatic carbocycles. The van der Waals surface area contributed by atoms with Crippen LogP contribution in [-0.4, -0.2) is 32.2 Å². The molecular formula is C10H9N5O3. The van der Waals surface area contributed by atoms with Gasteiger partial charge in [-0.25, -0.2) is 4.79 Å². The van der Waals surface area contributed by atoms with E-state index in [0.717, 1.165) is 0 Å². The number of carbonyl (C=O) groups is 2. The number of aromatic amines is 1. The topological polar surface area (TPSA) is 134 Å². The van der Waals surface area contributed by atoms with E-state index < -0.39 is 11.9 Å². The third kappa shape index (κ3) is 2.26. The highest BCUT2D eigenvalue weighted by Gasteiger charge is 2.14. The Kier molecular flexibility index (Phi) is 2.92. The smallest absolute Gasteiger partial charge is 0.373 e. The van der Waals surface area contributed by atoms with Gasteiger partial charge in [0.1, 0.15) is 0 Å². The Hall–Kier alpha value is -2.90. The first-order valence-corrected chi connectivity index (χ1v) is 4.89. The van der Waals surface area contributed by atoms with E-state index >= 15 is 0 Å². The number of para-hydroxylation sites is 1. The van der Waals surface area contributed by atoms with E-state index in [9.17, 15) is 9.59 Å². The van der Waals surface area contributed by atoms with E-state index in [2.05, 4.69) is 20.5 Å². The van der Waals surface area contributed by atoms with Gasteiger partial charge in [-0.1, -0.05) is 12.1 Å². The van der Waals surface area contributed by atoms with Crippen LogP contribution in [0.4, 0.5) is 11.6 Å². The zero-order valence-corrected chi connectivity index (χ0v) is 9.04. The van der Waals surface area contributed by atoms with Crippen molar-refractivity contribution in [2.45, 2.75) is 0 Å². The lowest BCUT2D eigenvalue weighted by Gasteiger charge is -2.03. The minimum Gasteiger partial charge on any atom is -0.475 e. The molecule has 1 heterocycles. The monoisotopic (exact) mass is 247 g/mol. The molecular weight excluding hydrogens is 238 g/mol. The molecule has 8 nitrogen and oxygen atoms in total. The number of H-pyrrole nitrogens is 1. The lowest BCUT2D eigenvalue weighted by Crippen LogP contribution is -2.15. The number of hydrogen-bond acceptors (Lipinski definition) is 5. The number of amides is 1. The van der Waals surface area contributed by atoms with Gasteiger partial charge in [-0.15, -0.1) is 5.10 Å². The number of nitrogens with one attached hydrogen (secondary N) is 2. The second-order valence-corrected chi connectivity index (χ2v) is 3.35. The molecule has 0 saturated heterocycles. The van der Waals surface area contributed by atoms with Crippen molar-refractivity contribution in [2.75, 3.05) is 11.1 Å². The first-order valence-electron chi connectivity index (χ1n) is 4.89. The number of nitrogens with zero attached hydrogens (tertiary/aromatic N) is 2. The number of carbonyl (C=O) groups excluding carboxylic acids is 1. The lowest BCUT2D eigenvalue weighted by atomic mass is 10.2. The van der Waals surface area contributed by atoms with E-state index in [1.54, 1.807) is 18.2 Å².